The van der Waals surface area contributed by atoms with E-state index < -0.39 is 29.1 Å². The van der Waals surface area contributed by atoms with Crippen molar-refractivity contribution in [2.24, 2.45) is 11.8 Å². The quantitative estimate of drug-likeness (QED) is 0.651. The zero-order valence-corrected chi connectivity index (χ0v) is 19.5. The molecule has 4 aliphatic heterocycles. The number of hydrogen-bond donors (Lipinski definition) is 1. The molecular formula is C25H29N3O6. The Morgan fingerprint density at radius 1 is 1.03 bits per heavy atom. The Labute approximate surface area is 198 Å². The molecule has 5 rings (SSSR count). The monoisotopic (exact) mass is 467 g/mol. The highest BCUT2D eigenvalue weighted by atomic mass is 16.5. The highest BCUT2D eigenvalue weighted by Crippen LogP contribution is 2.57. The molecule has 1 aromatic rings. The lowest BCUT2D eigenvalue weighted by molar-refractivity contribution is -0.148. The lowest BCUT2D eigenvalue weighted by Crippen LogP contribution is -2.56. The first-order chi connectivity index (χ1) is 16.3. The Kier molecular flexibility index (Phi) is 5.29. The summed E-state index contributed by atoms with van der Waals surface area (Å²) in [5, 5.41) is 9.74. The molecule has 9 nitrogen and oxygen atoms in total. The summed E-state index contributed by atoms with van der Waals surface area (Å²) in [6.07, 6.45) is 7.33. The molecule has 4 aliphatic rings. The van der Waals surface area contributed by atoms with Crippen molar-refractivity contribution in [3.05, 3.63) is 48.6 Å². The predicted octanol–water partition coefficient (Wildman–Crippen LogP) is 0.589. The van der Waals surface area contributed by atoms with Gasteiger partial charge in [-0.05, 0) is 31.2 Å². The van der Waals surface area contributed by atoms with Crippen LogP contribution >= 0.6 is 0 Å². The lowest BCUT2D eigenvalue weighted by Gasteiger charge is -2.37. The Balaban J connectivity index is 1.62. The van der Waals surface area contributed by atoms with Gasteiger partial charge in [0, 0.05) is 32.4 Å². The van der Waals surface area contributed by atoms with Crippen LogP contribution in [0.2, 0.25) is 0 Å². The number of fused-ring (bicyclic) bond motifs is 2. The van der Waals surface area contributed by atoms with Crippen molar-refractivity contribution in [2.75, 3.05) is 45.3 Å². The number of likely N-dealkylation sites (N-methyl/N-ethyl adjacent to an activating group) is 1. The van der Waals surface area contributed by atoms with Gasteiger partial charge in [0.2, 0.25) is 11.8 Å². The molecule has 0 aromatic heterocycles. The Hall–Kier alpha value is -3.17. The number of carbonyl (C=O) groups is 3. The van der Waals surface area contributed by atoms with Gasteiger partial charge in [-0.2, -0.15) is 0 Å². The summed E-state index contributed by atoms with van der Waals surface area (Å²) in [4.78, 5) is 45.9. The number of aliphatic hydroxyl groups excluding tert-OH is 1. The van der Waals surface area contributed by atoms with E-state index in [0.29, 0.717) is 18.0 Å². The standard InChI is InChI=1S/C25H29N3O6/c1-24-10-4-12-26(2)21(30)18(24)19-22(31)28(14-15-29)20-23(32)27(13-5-11-25(19,20)34-24)16-6-8-17(33-3)9-7-16/h4-11,18-20,29H,12-15H2,1-3H3/t18-,19-,20?,24+,25-/m0/s1. The summed E-state index contributed by atoms with van der Waals surface area (Å²) in [6.45, 7) is 2.19. The van der Waals surface area contributed by atoms with E-state index in [4.69, 9.17) is 9.47 Å². The zero-order valence-electron chi connectivity index (χ0n) is 19.5. The van der Waals surface area contributed by atoms with Crippen LogP contribution in [0.15, 0.2) is 48.6 Å². The molecule has 9 heteroatoms. The summed E-state index contributed by atoms with van der Waals surface area (Å²) >= 11 is 0. The van der Waals surface area contributed by atoms with Gasteiger partial charge in [0.05, 0.1) is 31.2 Å². The van der Waals surface area contributed by atoms with E-state index in [1.54, 1.807) is 54.3 Å². The topological polar surface area (TPSA) is 99.6 Å². The first-order valence-electron chi connectivity index (χ1n) is 11.4. The first-order valence-corrected chi connectivity index (χ1v) is 11.4. The number of anilines is 1. The Morgan fingerprint density at radius 2 is 1.74 bits per heavy atom. The average Bonchev–Trinajstić information content (AvgIpc) is 3.09. The van der Waals surface area contributed by atoms with Crippen molar-refractivity contribution in [3.8, 4) is 5.75 Å². The lowest BCUT2D eigenvalue weighted by atomic mass is 9.74. The molecule has 0 radical (unpaired) electrons. The van der Waals surface area contributed by atoms with Crippen LogP contribution in [0.1, 0.15) is 6.92 Å². The number of hydrogen-bond acceptors (Lipinski definition) is 6. The maximum absolute atomic E-state index is 14.1. The molecule has 2 saturated heterocycles. The van der Waals surface area contributed by atoms with Crippen molar-refractivity contribution in [2.45, 2.75) is 24.2 Å². The van der Waals surface area contributed by atoms with E-state index >= 15 is 0 Å². The molecule has 0 bridgehead atoms. The summed E-state index contributed by atoms with van der Waals surface area (Å²) in [7, 11) is 3.27. The van der Waals surface area contributed by atoms with Crippen molar-refractivity contribution < 1.29 is 29.0 Å². The van der Waals surface area contributed by atoms with Gasteiger partial charge in [-0.25, -0.2) is 0 Å². The summed E-state index contributed by atoms with van der Waals surface area (Å²) in [6, 6.07) is 6.11. The minimum absolute atomic E-state index is 0.0234. The highest BCUT2D eigenvalue weighted by Gasteiger charge is 2.74. The van der Waals surface area contributed by atoms with Gasteiger partial charge in [0.25, 0.3) is 5.91 Å². The molecule has 180 valence electrons. The van der Waals surface area contributed by atoms with Crippen molar-refractivity contribution in [1.29, 1.82) is 0 Å². The van der Waals surface area contributed by atoms with E-state index in [1.807, 2.05) is 25.2 Å². The molecule has 0 aliphatic carbocycles. The molecule has 3 amide bonds. The van der Waals surface area contributed by atoms with Crippen LogP contribution in [0.4, 0.5) is 5.69 Å². The fourth-order valence-electron chi connectivity index (χ4n) is 5.98. The van der Waals surface area contributed by atoms with Crippen molar-refractivity contribution in [3.63, 3.8) is 0 Å². The first kappa shape index (κ1) is 22.6. The maximum atomic E-state index is 14.1. The van der Waals surface area contributed by atoms with Gasteiger partial charge in [0.15, 0.2) is 0 Å². The molecule has 1 spiro atoms. The van der Waals surface area contributed by atoms with Gasteiger partial charge >= 0.3 is 0 Å². The average molecular weight is 468 g/mol. The van der Waals surface area contributed by atoms with Crippen LogP contribution in [0.5, 0.6) is 5.75 Å². The number of amides is 3. The van der Waals surface area contributed by atoms with E-state index in [2.05, 4.69) is 0 Å². The second-order valence-corrected chi connectivity index (χ2v) is 9.42. The number of rotatable bonds is 4. The number of likely N-dealkylation sites (tertiary alicyclic amines) is 1. The second kappa shape index (κ2) is 7.95. The van der Waals surface area contributed by atoms with Gasteiger partial charge in [0.1, 0.15) is 17.4 Å². The third kappa shape index (κ3) is 3.03. The van der Waals surface area contributed by atoms with Gasteiger partial charge < -0.3 is 29.3 Å². The van der Waals surface area contributed by atoms with Crippen LogP contribution in [-0.2, 0) is 19.1 Å². The third-order valence-corrected chi connectivity index (χ3v) is 7.48. The Morgan fingerprint density at radius 3 is 2.41 bits per heavy atom. The number of nitrogens with zero attached hydrogens (tertiary/aromatic N) is 3. The van der Waals surface area contributed by atoms with E-state index in [9.17, 15) is 19.5 Å². The molecule has 5 atom stereocenters. The highest BCUT2D eigenvalue weighted by molar-refractivity contribution is 6.06. The van der Waals surface area contributed by atoms with Gasteiger partial charge in [-0.15, -0.1) is 0 Å². The van der Waals surface area contributed by atoms with E-state index in [1.165, 1.54) is 4.90 Å². The predicted molar refractivity (Wildman–Crippen MR) is 123 cm³/mol. The molecule has 2 fully saturated rings. The zero-order chi connectivity index (χ0) is 24.3. The number of methoxy groups -OCH3 is 1. The van der Waals surface area contributed by atoms with Gasteiger partial charge in [-0.1, -0.05) is 24.3 Å². The van der Waals surface area contributed by atoms with Gasteiger partial charge in [-0.3, -0.25) is 14.4 Å². The molecule has 4 heterocycles. The number of ether oxygens (including phenoxy) is 2. The Bertz CT molecular complexity index is 1080. The SMILES string of the molecule is COc1ccc(N2CC=C[C@]34O[C@]5(C)C=CCN(C)C(=O)[C@@H]5[C@H]3C(=O)N(CCO)C4C2=O)cc1. The molecular weight excluding hydrogens is 438 g/mol. The minimum atomic E-state index is -1.32. The number of benzene rings is 1. The maximum Gasteiger partial charge on any atom is 0.253 e. The smallest absolute Gasteiger partial charge is 0.253 e. The third-order valence-electron chi connectivity index (χ3n) is 7.48. The molecule has 0 saturated carbocycles. The molecule has 1 aromatic carbocycles. The normalized spacial score (nSPS) is 34.6. The molecule has 1 N–H and O–H groups in total. The summed E-state index contributed by atoms with van der Waals surface area (Å²) in [5.74, 6) is -1.84. The van der Waals surface area contributed by atoms with Crippen LogP contribution in [-0.4, -0.2) is 90.3 Å². The van der Waals surface area contributed by atoms with Crippen LogP contribution in [0.3, 0.4) is 0 Å². The summed E-state index contributed by atoms with van der Waals surface area (Å²) < 4.78 is 11.9. The number of aliphatic hydroxyl groups is 1. The van der Waals surface area contributed by atoms with Crippen LogP contribution < -0.4 is 9.64 Å². The van der Waals surface area contributed by atoms with Crippen LogP contribution in [0, 0.1) is 11.8 Å². The molecule has 1 unspecified atom stereocenters. The summed E-state index contributed by atoms with van der Waals surface area (Å²) in [5.41, 5.74) is -1.70. The van der Waals surface area contributed by atoms with Crippen molar-refractivity contribution >= 4 is 23.4 Å². The van der Waals surface area contributed by atoms with E-state index in [0.717, 1.165) is 0 Å². The van der Waals surface area contributed by atoms with E-state index in [-0.39, 0.29) is 37.4 Å². The fraction of sp³-hybridized carbons (Fsp3) is 0.480. The largest absolute Gasteiger partial charge is 0.497 e. The second-order valence-electron chi connectivity index (χ2n) is 9.42. The number of β-amino-alcohol motifs (C(OH)–C–C–N with tert-alkyl or cyclic N) is 1. The number of carbonyl (C=O) groups excluding carboxylic acids is 3. The molecule has 34 heavy (non-hydrogen) atoms. The fourth-order valence-corrected chi connectivity index (χ4v) is 5.98. The minimum Gasteiger partial charge on any atom is -0.497 e. The van der Waals surface area contributed by atoms with Crippen LogP contribution in [0.25, 0.3) is 0 Å². The van der Waals surface area contributed by atoms with Crippen molar-refractivity contribution in [1.82, 2.24) is 9.80 Å².